The van der Waals surface area contributed by atoms with Gasteiger partial charge in [-0.3, -0.25) is 4.79 Å². The third-order valence-corrected chi connectivity index (χ3v) is 3.06. The Morgan fingerprint density at radius 1 is 1.41 bits per heavy atom. The zero-order valence-corrected chi connectivity index (χ0v) is 11.9. The van der Waals surface area contributed by atoms with Crippen LogP contribution in [0.2, 0.25) is 0 Å². The molecule has 0 aliphatic rings. The molecule has 102 valence electrons. The smallest absolute Gasteiger partial charge is 0.236 e. The number of amides is 1. The Bertz CT molecular complexity index is 227. The average molecular weight is 244 g/mol. The summed E-state index contributed by atoms with van der Waals surface area (Å²) in [5, 5.41) is 12.0. The van der Waals surface area contributed by atoms with Crippen LogP contribution in [0.1, 0.15) is 40.5 Å². The van der Waals surface area contributed by atoms with Gasteiger partial charge in [0.1, 0.15) is 0 Å². The van der Waals surface area contributed by atoms with Crippen molar-refractivity contribution in [1.82, 2.24) is 10.2 Å². The number of carbonyl (C=O) groups is 1. The minimum atomic E-state index is 0.123. The Labute approximate surface area is 105 Å². The van der Waals surface area contributed by atoms with Crippen molar-refractivity contribution in [2.45, 2.75) is 46.6 Å². The normalized spacial score (nSPS) is 11.9. The number of nitrogens with zero attached hydrogens (tertiary/aromatic N) is 1. The van der Waals surface area contributed by atoms with E-state index in [1.165, 1.54) is 0 Å². The Hall–Kier alpha value is -0.610. The van der Waals surface area contributed by atoms with E-state index in [0.717, 1.165) is 19.4 Å². The summed E-state index contributed by atoms with van der Waals surface area (Å²) >= 11 is 0. The van der Waals surface area contributed by atoms with E-state index >= 15 is 0 Å². The number of hydrogen-bond donors (Lipinski definition) is 2. The van der Waals surface area contributed by atoms with Crippen LogP contribution >= 0.6 is 0 Å². The lowest BCUT2D eigenvalue weighted by Crippen LogP contribution is -2.41. The molecule has 0 fully saturated rings. The Morgan fingerprint density at radius 2 is 2.00 bits per heavy atom. The standard InChI is InChI=1S/C13H28N2O2/c1-11(2)15(5)12(17)9-14-10-13(3,4)7-6-8-16/h11,14,16H,6-10H2,1-5H3. The van der Waals surface area contributed by atoms with Gasteiger partial charge in [0.05, 0.1) is 6.54 Å². The van der Waals surface area contributed by atoms with Gasteiger partial charge in [0.2, 0.25) is 5.91 Å². The second-order valence-electron chi connectivity index (χ2n) is 5.69. The molecule has 0 atom stereocenters. The molecule has 0 radical (unpaired) electrons. The molecule has 0 saturated carbocycles. The fourth-order valence-electron chi connectivity index (χ4n) is 1.57. The molecule has 2 N–H and O–H groups in total. The molecule has 0 unspecified atom stereocenters. The van der Waals surface area contributed by atoms with Crippen LogP contribution in [0.15, 0.2) is 0 Å². The molecule has 17 heavy (non-hydrogen) atoms. The molecule has 0 saturated heterocycles. The number of aliphatic hydroxyl groups is 1. The monoisotopic (exact) mass is 244 g/mol. The first kappa shape index (κ1) is 16.4. The third kappa shape index (κ3) is 7.34. The zero-order chi connectivity index (χ0) is 13.5. The summed E-state index contributed by atoms with van der Waals surface area (Å²) < 4.78 is 0. The maximum absolute atomic E-state index is 11.7. The average Bonchev–Trinajstić information content (AvgIpc) is 2.24. The molecule has 0 bridgehead atoms. The quantitative estimate of drug-likeness (QED) is 0.675. The number of likely N-dealkylation sites (N-methyl/N-ethyl adjacent to an activating group) is 1. The van der Waals surface area contributed by atoms with E-state index in [2.05, 4.69) is 19.2 Å². The van der Waals surface area contributed by atoms with Gasteiger partial charge in [-0.15, -0.1) is 0 Å². The fourth-order valence-corrected chi connectivity index (χ4v) is 1.57. The van der Waals surface area contributed by atoms with Crippen LogP contribution in [0.5, 0.6) is 0 Å². The summed E-state index contributed by atoms with van der Waals surface area (Å²) in [7, 11) is 1.82. The van der Waals surface area contributed by atoms with Crippen LogP contribution in [0.4, 0.5) is 0 Å². The third-order valence-electron chi connectivity index (χ3n) is 3.06. The van der Waals surface area contributed by atoms with Gasteiger partial charge in [-0.1, -0.05) is 13.8 Å². The summed E-state index contributed by atoms with van der Waals surface area (Å²) in [6.07, 6.45) is 1.78. The van der Waals surface area contributed by atoms with Crippen molar-refractivity contribution < 1.29 is 9.90 Å². The van der Waals surface area contributed by atoms with Gasteiger partial charge in [0.25, 0.3) is 0 Å². The Morgan fingerprint density at radius 3 is 2.47 bits per heavy atom. The SMILES string of the molecule is CC(C)N(C)C(=O)CNCC(C)(C)CCCO. The lowest BCUT2D eigenvalue weighted by Gasteiger charge is -2.26. The van der Waals surface area contributed by atoms with Crippen LogP contribution in [0, 0.1) is 5.41 Å². The molecule has 0 aliphatic carbocycles. The molecule has 0 aromatic carbocycles. The van der Waals surface area contributed by atoms with Crippen LogP contribution in [0.3, 0.4) is 0 Å². The summed E-state index contributed by atoms with van der Waals surface area (Å²) in [5.41, 5.74) is 0.124. The first-order valence-electron chi connectivity index (χ1n) is 6.37. The van der Waals surface area contributed by atoms with Crippen molar-refractivity contribution in [3.63, 3.8) is 0 Å². The number of aliphatic hydroxyl groups excluding tert-OH is 1. The summed E-state index contributed by atoms with van der Waals surface area (Å²) in [6, 6.07) is 0.242. The highest BCUT2D eigenvalue weighted by atomic mass is 16.2. The first-order valence-corrected chi connectivity index (χ1v) is 6.37. The molecule has 1 amide bonds. The van der Waals surface area contributed by atoms with Gasteiger partial charge in [0.15, 0.2) is 0 Å². The fraction of sp³-hybridized carbons (Fsp3) is 0.923. The van der Waals surface area contributed by atoms with Gasteiger partial charge in [-0.25, -0.2) is 0 Å². The molecule has 0 rings (SSSR count). The van der Waals surface area contributed by atoms with Crippen molar-refractivity contribution in [3.8, 4) is 0 Å². The predicted molar refractivity (Wildman–Crippen MR) is 70.9 cm³/mol. The van der Waals surface area contributed by atoms with Crippen molar-refractivity contribution in [1.29, 1.82) is 0 Å². The van der Waals surface area contributed by atoms with E-state index in [1.807, 2.05) is 20.9 Å². The topological polar surface area (TPSA) is 52.6 Å². The highest BCUT2D eigenvalue weighted by Crippen LogP contribution is 2.20. The second kappa shape index (κ2) is 7.67. The van der Waals surface area contributed by atoms with Crippen molar-refractivity contribution in [3.05, 3.63) is 0 Å². The van der Waals surface area contributed by atoms with Crippen molar-refractivity contribution in [2.75, 3.05) is 26.7 Å². The molecule has 0 aromatic rings. The van der Waals surface area contributed by atoms with E-state index in [9.17, 15) is 4.79 Å². The molecule has 0 heterocycles. The molecule has 0 spiro atoms. The van der Waals surface area contributed by atoms with E-state index < -0.39 is 0 Å². The minimum absolute atomic E-state index is 0.123. The van der Waals surface area contributed by atoms with Crippen LogP contribution < -0.4 is 5.32 Å². The minimum Gasteiger partial charge on any atom is -0.396 e. The van der Waals surface area contributed by atoms with E-state index in [0.29, 0.717) is 6.54 Å². The largest absolute Gasteiger partial charge is 0.396 e. The van der Waals surface area contributed by atoms with Gasteiger partial charge >= 0.3 is 0 Å². The van der Waals surface area contributed by atoms with Gasteiger partial charge in [-0.2, -0.15) is 0 Å². The van der Waals surface area contributed by atoms with Crippen molar-refractivity contribution in [2.24, 2.45) is 5.41 Å². The number of nitrogens with one attached hydrogen (secondary N) is 1. The number of carbonyl (C=O) groups excluding carboxylic acids is 1. The van der Waals surface area contributed by atoms with Gasteiger partial charge in [0, 0.05) is 26.2 Å². The summed E-state index contributed by atoms with van der Waals surface area (Å²) in [4.78, 5) is 13.5. The Kier molecular flexibility index (Phi) is 7.39. The second-order valence-corrected chi connectivity index (χ2v) is 5.69. The van der Waals surface area contributed by atoms with Crippen molar-refractivity contribution >= 4 is 5.91 Å². The van der Waals surface area contributed by atoms with Crippen LogP contribution in [-0.4, -0.2) is 48.7 Å². The lowest BCUT2D eigenvalue weighted by atomic mass is 9.88. The molecular formula is C13H28N2O2. The number of rotatable bonds is 8. The van der Waals surface area contributed by atoms with Crippen LogP contribution in [-0.2, 0) is 4.79 Å². The molecular weight excluding hydrogens is 216 g/mol. The van der Waals surface area contributed by atoms with E-state index in [-0.39, 0.29) is 24.0 Å². The maximum Gasteiger partial charge on any atom is 0.236 e. The zero-order valence-electron chi connectivity index (χ0n) is 11.9. The lowest BCUT2D eigenvalue weighted by molar-refractivity contribution is -0.130. The van der Waals surface area contributed by atoms with Gasteiger partial charge in [-0.05, 0) is 32.1 Å². The molecule has 4 heteroatoms. The van der Waals surface area contributed by atoms with Crippen LogP contribution in [0.25, 0.3) is 0 Å². The highest BCUT2D eigenvalue weighted by molar-refractivity contribution is 5.78. The van der Waals surface area contributed by atoms with E-state index in [4.69, 9.17) is 5.11 Å². The summed E-state index contributed by atoms with van der Waals surface area (Å²) in [5.74, 6) is 0.123. The number of hydrogen-bond acceptors (Lipinski definition) is 3. The molecule has 0 aromatic heterocycles. The molecule has 4 nitrogen and oxygen atoms in total. The highest BCUT2D eigenvalue weighted by Gasteiger charge is 2.18. The van der Waals surface area contributed by atoms with E-state index in [1.54, 1.807) is 4.90 Å². The Balaban J connectivity index is 3.86. The summed E-state index contributed by atoms with van der Waals surface area (Å²) in [6.45, 7) is 9.71. The predicted octanol–water partition coefficient (Wildman–Crippen LogP) is 1.24. The first-order chi connectivity index (χ1) is 7.80. The maximum atomic E-state index is 11.7. The molecule has 0 aliphatic heterocycles. The van der Waals surface area contributed by atoms with Gasteiger partial charge < -0.3 is 15.3 Å².